The molecule has 1 atom stereocenters. The van der Waals surface area contributed by atoms with Crippen molar-refractivity contribution in [1.29, 1.82) is 0 Å². The van der Waals surface area contributed by atoms with Crippen LogP contribution in [0.2, 0.25) is 0 Å². The summed E-state index contributed by atoms with van der Waals surface area (Å²) >= 11 is 0. The molecule has 1 aromatic rings. The predicted octanol–water partition coefficient (Wildman–Crippen LogP) is 1.02. The summed E-state index contributed by atoms with van der Waals surface area (Å²) in [4.78, 5) is 6.76. The van der Waals surface area contributed by atoms with Crippen LogP contribution in [0.15, 0.2) is 4.52 Å². The molecule has 0 spiro atoms. The van der Waals surface area contributed by atoms with Gasteiger partial charge in [0.15, 0.2) is 5.82 Å². The molecule has 21 heavy (non-hydrogen) atoms. The predicted molar refractivity (Wildman–Crippen MR) is 77.3 cm³/mol. The lowest BCUT2D eigenvalue weighted by atomic mass is 10.0. The highest BCUT2D eigenvalue weighted by Crippen LogP contribution is 2.38. The fourth-order valence-electron chi connectivity index (χ4n) is 2.79. The summed E-state index contributed by atoms with van der Waals surface area (Å²) in [6.07, 6.45) is 5.15. The Bertz CT molecular complexity index is 588. The maximum absolute atomic E-state index is 11.3. The zero-order chi connectivity index (χ0) is 15.0. The lowest BCUT2D eigenvalue weighted by Crippen LogP contribution is -2.45. The third-order valence-corrected chi connectivity index (χ3v) is 4.98. The van der Waals surface area contributed by atoms with E-state index in [2.05, 4.69) is 26.7 Å². The number of nitrogens with one attached hydrogen (secondary N) is 1. The van der Waals surface area contributed by atoms with Gasteiger partial charge < -0.3 is 4.52 Å². The van der Waals surface area contributed by atoms with E-state index in [1.165, 1.54) is 6.26 Å². The first-order valence-corrected chi connectivity index (χ1v) is 9.36. The van der Waals surface area contributed by atoms with E-state index < -0.39 is 10.0 Å². The van der Waals surface area contributed by atoms with Gasteiger partial charge in [-0.05, 0) is 32.6 Å². The Morgan fingerprint density at radius 2 is 1.95 bits per heavy atom. The Kier molecular flexibility index (Phi) is 4.02. The monoisotopic (exact) mass is 314 g/mol. The van der Waals surface area contributed by atoms with Crippen molar-refractivity contribution in [2.45, 2.75) is 50.6 Å². The maximum Gasteiger partial charge on any atom is 0.243 e. The molecule has 0 bridgehead atoms. The number of nitrogens with zero attached hydrogens (tertiary/aromatic N) is 3. The number of aromatic nitrogens is 2. The Labute approximate surface area is 125 Å². The largest absolute Gasteiger partial charge is 0.338 e. The van der Waals surface area contributed by atoms with Crippen LogP contribution < -0.4 is 4.72 Å². The summed E-state index contributed by atoms with van der Waals surface area (Å²) in [7, 11) is -3.12. The van der Waals surface area contributed by atoms with Crippen LogP contribution in [0.3, 0.4) is 0 Å². The summed E-state index contributed by atoms with van der Waals surface area (Å²) in [5.74, 6) is 2.01. The summed E-state index contributed by atoms with van der Waals surface area (Å²) in [5, 5.41) is 4.05. The zero-order valence-corrected chi connectivity index (χ0v) is 13.3. The molecular formula is C13H22N4O3S. The van der Waals surface area contributed by atoms with Gasteiger partial charge in [-0.3, -0.25) is 4.90 Å². The zero-order valence-electron chi connectivity index (χ0n) is 12.4. The van der Waals surface area contributed by atoms with E-state index >= 15 is 0 Å². The van der Waals surface area contributed by atoms with Crippen LogP contribution in [-0.2, 0) is 10.0 Å². The standard InChI is InChI=1S/C13H22N4O3S/c1-9(13-14-12(15-20-13)10-3-4-10)17-7-5-11(6-8-17)16-21(2,18)19/h9-11,16H,3-8H2,1-2H3. The molecular weight excluding hydrogens is 292 g/mol. The molecule has 1 N–H and O–H groups in total. The molecule has 1 aliphatic carbocycles. The van der Waals surface area contributed by atoms with E-state index in [4.69, 9.17) is 4.52 Å². The van der Waals surface area contributed by atoms with Crippen molar-refractivity contribution in [2.24, 2.45) is 0 Å². The topological polar surface area (TPSA) is 88.3 Å². The second-order valence-electron chi connectivity index (χ2n) is 6.14. The van der Waals surface area contributed by atoms with Crippen LogP contribution >= 0.6 is 0 Å². The van der Waals surface area contributed by atoms with E-state index in [1.807, 2.05) is 0 Å². The van der Waals surface area contributed by atoms with E-state index in [0.717, 1.165) is 44.6 Å². The van der Waals surface area contributed by atoms with Gasteiger partial charge in [0.2, 0.25) is 15.9 Å². The van der Waals surface area contributed by atoms with E-state index in [1.54, 1.807) is 0 Å². The summed E-state index contributed by atoms with van der Waals surface area (Å²) in [6.45, 7) is 3.72. The molecule has 1 saturated carbocycles. The van der Waals surface area contributed by atoms with Gasteiger partial charge in [0.1, 0.15) is 0 Å². The number of sulfonamides is 1. The number of hydrogen-bond donors (Lipinski definition) is 1. The summed E-state index contributed by atoms with van der Waals surface area (Å²) < 4.78 is 30.6. The molecule has 118 valence electrons. The molecule has 1 unspecified atom stereocenters. The molecule has 1 aliphatic heterocycles. The van der Waals surface area contributed by atoms with Crippen molar-refractivity contribution < 1.29 is 12.9 Å². The lowest BCUT2D eigenvalue weighted by Gasteiger charge is -2.34. The first-order chi connectivity index (χ1) is 9.92. The molecule has 7 nitrogen and oxygen atoms in total. The first kappa shape index (κ1) is 14.9. The SMILES string of the molecule is CC(c1nc(C2CC2)no1)N1CCC(NS(C)(=O)=O)CC1. The quantitative estimate of drug-likeness (QED) is 0.873. The van der Waals surface area contributed by atoms with Gasteiger partial charge in [-0.2, -0.15) is 4.98 Å². The molecule has 0 amide bonds. The second-order valence-corrected chi connectivity index (χ2v) is 7.92. The highest BCUT2D eigenvalue weighted by atomic mass is 32.2. The van der Waals surface area contributed by atoms with Crippen LogP contribution in [0, 0.1) is 0 Å². The molecule has 3 rings (SSSR count). The normalized spacial score (nSPS) is 23.3. The Hall–Kier alpha value is -0.990. The highest BCUT2D eigenvalue weighted by Gasteiger charge is 2.32. The van der Waals surface area contributed by atoms with Crippen molar-refractivity contribution in [2.75, 3.05) is 19.3 Å². The molecule has 0 radical (unpaired) electrons. The maximum atomic E-state index is 11.3. The van der Waals surface area contributed by atoms with Crippen molar-refractivity contribution >= 4 is 10.0 Å². The van der Waals surface area contributed by atoms with Crippen LogP contribution in [0.25, 0.3) is 0 Å². The Morgan fingerprint density at radius 1 is 1.29 bits per heavy atom. The molecule has 2 heterocycles. The molecule has 2 fully saturated rings. The number of likely N-dealkylation sites (tertiary alicyclic amines) is 1. The van der Waals surface area contributed by atoms with Crippen molar-refractivity contribution in [3.63, 3.8) is 0 Å². The minimum absolute atomic E-state index is 0.0353. The Morgan fingerprint density at radius 3 is 2.52 bits per heavy atom. The number of hydrogen-bond acceptors (Lipinski definition) is 6. The third-order valence-electron chi connectivity index (χ3n) is 4.22. The highest BCUT2D eigenvalue weighted by molar-refractivity contribution is 7.88. The van der Waals surface area contributed by atoms with Gasteiger partial charge >= 0.3 is 0 Å². The molecule has 2 aliphatic rings. The van der Waals surface area contributed by atoms with Crippen molar-refractivity contribution in [3.8, 4) is 0 Å². The van der Waals surface area contributed by atoms with E-state index in [9.17, 15) is 8.42 Å². The number of rotatable bonds is 5. The van der Waals surface area contributed by atoms with Crippen LogP contribution in [-0.4, -0.2) is 48.8 Å². The number of piperidine rings is 1. The lowest BCUT2D eigenvalue weighted by molar-refractivity contribution is 0.134. The average Bonchev–Trinajstić information content (AvgIpc) is 3.15. The van der Waals surface area contributed by atoms with Crippen LogP contribution in [0.4, 0.5) is 0 Å². The average molecular weight is 314 g/mol. The second kappa shape index (κ2) is 5.66. The fraction of sp³-hybridized carbons (Fsp3) is 0.846. The van der Waals surface area contributed by atoms with Gasteiger partial charge in [-0.15, -0.1) is 0 Å². The fourth-order valence-corrected chi connectivity index (χ4v) is 3.63. The smallest absolute Gasteiger partial charge is 0.243 e. The minimum atomic E-state index is -3.12. The molecule has 1 saturated heterocycles. The van der Waals surface area contributed by atoms with Gasteiger partial charge in [0.25, 0.3) is 0 Å². The van der Waals surface area contributed by atoms with Gasteiger partial charge in [0.05, 0.1) is 12.3 Å². The van der Waals surface area contributed by atoms with E-state index in [0.29, 0.717) is 11.8 Å². The molecule has 0 aromatic carbocycles. The van der Waals surface area contributed by atoms with Crippen molar-refractivity contribution in [1.82, 2.24) is 19.8 Å². The molecule has 1 aromatic heterocycles. The minimum Gasteiger partial charge on any atom is -0.338 e. The van der Waals surface area contributed by atoms with Gasteiger partial charge in [-0.25, -0.2) is 13.1 Å². The molecule has 8 heteroatoms. The summed E-state index contributed by atoms with van der Waals surface area (Å²) in [5.41, 5.74) is 0. The van der Waals surface area contributed by atoms with Gasteiger partial charge in [-0.1, -0.05) is 5.16 Å². The van der Waals surface area contributed by atoms with Crippen LogP contribution in [0.1, 0.15) is 56.3 Å². The third kappa shape index (κ3) is 3.81. The Balaban J connectivity index is 1.55. The summed E-state index contributed by atoms with van der Waals surface area (Å²) in [6, 6.07) is 0.123. The first-order valence-electron chi connectivity index (χ1n) is 7.47. The van der Waals surface area contributed by atoms with Gasteiger partial charge in [0, 0.05) is 25.0 Å². The van der Waals surface area contributed by atoms with Crippen molar-refractivity contribution in [3.05, 3.63) is 11.7 Å². The van der Waals surface area contributed by atoms with Crippen LogP contribution in [0.5, 0.6) is 0 Å². The van der Waals surface area contributed by atoms with E-state index in [-0.39, 0.29) is 12.1 Å².